The number of benzene rings is 1. The Bertz CT molecular complexity index is 749. The number of rotatable bonds is 4. The number of amides is 1. The number of anilines is 1. The summed E-state index contributed by atoms with van der Waals surface area (Å²) in [6.07, 6.45) is 5.60. The number of nitrogens with two attached hydrogens (primary N) is 2. The lowest BCUT2D eigenvalue weighted by Gasteiger charge is -2.43. The van der Waals surface area contributed by atoms with Crippen molar-refractivity contribution in [3.63, 3.8) is 0 Å². The Labute approximate surface area is 149 Å². The van der Waals surface area contributed by atoms with E-state index in [1.54, 1.807) is 12.1 Å². The van der Waals surface area contributed by atoms with E-state index < -0.39 is 10.0 Å². The number of hydrogen-bond acceptors (Lipinski definition) is 4. The van der Waals surface area contributed by atoms with Crippen molar-refractivity contribution in [2.75, 3.05) is 5.32 Å². The number of hydrogen-bond donors (Lipinski definition) is 3. The smallest absolute Gasteiger partial charge is 0.238 e. The van der Waals surface area contributed by atoms with E-state index in [2.05, 4.69) is 5.32 Å². The number of aryl methyl sites for hydroxylation is 1. The van der Waals surface area contributed by atoms with Crippen LogP contribution in [-0.4, -0.2) is 20.4 Å². The molecule has 6 nitrogen and oxygen atoms in total. The predicted molar refractivity (Wildman–Crippen MR) is 97.4 cm³/mol. The van der Waals surface area contributed by atoms with E-state index >= 15 is 0 Å². The van der Waals surface area contributed by atoms with Crippen LogP contribution >= 0.6 is 0 Å². The molecule has 2 saturated carbocycles. The van der Waals surface area contributed by atoms with E-state index in [9.17, 15) is 13.2 Å². The van der Waals surface area contributed by atoms with Gasteiger partial charge in [0.1, 0.15) is 0 Å². The van der Waals surface area contributed by atoms with E-state index in [1.165, 1.54) is 12.5 Å². The molecule has 0 aliphatic heterocycles. The summed E-state index contributed by atoms with van der Waals surface area (Å²) in [4.78, 5) is 12.8. The monoisotopic (exact) mass is 365 g/mol. The van der Waals surface area contributed by atoms with Gasteiger partial charge in [0.2, 0.25) is 15.9 Å². The van der Waals surface area contributed by atoms with Gasteiger partial charge < -0.3 is 11.1 Å². The maximum atomic E-state index is 12.7. The van der Waals surface area contributed by atoms with Crippen molar-refractivity contribution in [2.24, 2.45) is 28.6 Å². The Balaban J connectivity index is 1.75. The zero-order valence-electron chi connectivity index (χ0n) is 14.6. The van der Waals surface area contributed by atoms with Crippen LogP contribution in [0.2, 0.25) is 0 Å². The molecule has 2 unspecified atom stereocenters. The lowest BCUT2D eigenvalue weighted by molar-refractivity contribution is -0.122. The fourth-order valence-corrected chi connectivity index (χ4v) is 5.31. The van der Waals surface area contributed by atoms with Crippen LogP contribution in [0.1, 0.15) is 44.6 Å². The number of fused-ring (bicyclic) bond motifs is 2. The highest BCUT2D eigenvalue weighted by molar-refractivity contribution is 7.89. The largest absolute Gasteiger partial charge is 0.327 e. The van der Waals surface area contributed by atoms with Gasteiger partial charge in [-0.3, -0.25) is 4.79 Å². The fourth-order valence-electron chi connectivity index (χ4n) is 4.44. The number of nitrogens with one attached hydrogen (secondary N) is 1. The van der Waals surface area contributed by atoms with Gasteiger partial charge in [-0.25, -0.2) is 13.6 Å². The molecule has 0 aromatic heterocycles. The van der Waals surface area contributed by atoms with Crippen molar-refractivity contribution in [1.29, 1.82) is 0 Å². The molecule has 2 atom stereocenters. The second-order valence-corrected chi connectivity index (χ2v) is 8.94. The van der Waals surface area contributed by atoms with Crippen molar-refractivity contribution in [2.45, 2.75) is 56.4 Å². The summed E-state index contributed by atoms with van der Waals surface area (Å²) >= 11 is 0. The average molecular weight is 365 g/mol. The van der Waals surface area contributed by atoms with Gasteiger partial charge in [-0.2, -0.15) is 0 Å². The summed E-state index contributed by atoms with van der Waals surface area (Å²) in [6.45, 7) is 1.87. The molecule has 2 fully saturated rings. The Morgan fingerprint density at radius 2 is 1.88 bits per heavy atom. The first kappa shape index (κ1) is 18.4. The highest BCUT2D eigenvalue weighted by Gasteiger charge is 2.40. The minimum absolute atomic E-state index is 0.0478. The molecule has 3 rings (SSSR count). The van der Waals surface area contributed by atoms with Crippen LogP contribution in [0.4, 0.5) is 5.69 Å². The van der Waals surface area contributed by atoms with Crippen LogP contribution < -0.4 is 16.2 Å². The first-order valence-corrected chi connectivity index (χ1v) is 10.6. The van der Waals surface area contributed by atoms with Crippen LogP contribution in [-0.2, 0) is 21.2 Å². The minimum Gasteiger partial charge on any atom is -0.327 e. The molecule has 2 aliphatic carbocycles. The van der Waals surface area contributed by atoms with Gasteiger partial charge in [-0.05, 0) is 61.6 Å². The van der Waals surface area contributed by atoms with E-state index in [-0.39, 0.29) is 22.8 Å². The summed E-state index contributed by atoms with van der Waals surface area (Å²) in [5, 5.41) is 8.18. The maximum absolute atomic E-state index is 12.7. The molecular weight excluding hydrogens is 338 g/mol. The molecule has 1 aromatic carbocycles. The first-order valence-electron chi connectivity index (χ1n) is 9.01. The normalized spacial score (nSPS) is 29.2. The molecule has 2 bridgehead atoms. The van der Waals surface area contributed by atoms with Gasteiger partial charge in [-0.1, -0.05) is 19.4 Å². The van der Waals surface area contributed by atoms with Gasteiger partial charge in [0.15, 0.2) is 0 Å². The SMILES string of the molecule is CCc1ccc(NC(=O)C2CC3CCCC(C2)C3N)cc1S(N)(=O)=O. The lowest BCUT2D eigenvalue weighted by atomic mass is 9.65. The molecule has 2 aliphatic rings. The molecule has 7 heteroatoms. The molecule has 0 radical (unpaired) electrons. The van der Waals surface area contributed by atoms with Crippen LogP contribution in [0.15, 0.2) is 23.1 Å². The van der Waals surface area contributed by atoms with Crippen molar-refractivity contribution < 1.29 is 13.2 Å². The second kappa shape index (κ2) is 7.05. The average Bonchev–Trinajstić information content (AvgIpc) is 2.53. The van der Waals surface area contributed by atoms with E-state index in [1.807, 2.05) is 6.92 Å². The Morgan fingerprint density at radius 1 is 1.24 bits per heavy atom. The summed E-state index contributed by atoms with van der Waals surface area (Å²) in [5.74, 6) is 0.740. The van der Waals surface area contributed by atoms with Crippen LogP contribution in [0.3, 0.4) is 0 Å². The maximum Gasteiger partial charge on any atom is 0.238 e. The van der Waals surface area contributed by atoms with Gasteiger partial charge in [0.25, 0.3) is 0 Å². The molecular formula is C18H27N3O3S. The van der Waals surface area contributed by atoms with E-state index in [4.69, 9.17) is 10.9 Å². The van der Waals surface area contributed by atoms with E-state index in [0.29, 0.717) is 29.5 Å². The van der Waals surface area contributed by atoms with Crippen molar-refractivity contribution in [1.82, 2.24) is 0 Å². The first-order chi connectivity index (χ1) is 11.8. The van der Waals surface area contributed by atoms with Gasteiger partial charge in [-0.15, -0.1) is 0 Å². The van der Waals surface area contributed by atoms with E-state index in [0.717, 1.165) is 25.7 Å². The zero-order valence-corrected chi connectivity index (χ0v) is 15.4. The number of sulfonamides is 1. The Morgan fingerprint density at radius 3 is 2.44 bits per heavy atom. The second-order valence-electron chi connectivity index (χ2n) is 7.41. The third kappa shape index (κ3) is 3.88. The van der Waals surface area contributed by atoms with Gasteiger partial charge in [0, 0.05) is 17.6 Å². The quantitative estimate of drug-likeness (QED) is 0.756. The van der Waals surface area contributed by atoms with Crippen molar-refractivity contribution in [3.05, 3.63) is 23.8 Å². The summed E-state index contributed by atoms with van der Waals surface area (Å²) in [5.41, 5.74) is 7.42. The Kier molecular flexibility index (Phi) is 5.18. The topological polar surface area (TPSA) is 115 Å². The number of carbonyl (C=O) groups is 1. The molecule has 138 valence electrons. The predicted octanol–water partition coefficient (Wildman–Crippen LogP) is 1.99. The summed E-state index contributed by atoms with van der Waals surface area (Å²) < 4.78 is 23.5. The molecule has 1 amide bonds. The van der Waals surface area contributed by atoms with Crippen LogP contribution in [0.25, 0.3) is 0 Å². The lowest BCUT2D eigenvalue weighted by Crippen LogP contribution is -2.48. The fraction of sp³-hybridized carbons (Fsp3) is 0.611. The molecule has 0 heterocycles. The molecule has 0 spiro atoms. The molecule has 25 heavy (non-hydrogen) atoms. The van der Waals surface area contributed by atoms with Crippen LogP contribution in [0.5, 0.6) is 0 Å². The Hall–Kier alpha value is -1.44. The van der Waals surface area contributed by atoms with Gasteiger partial charge >= 0.3 is 0 Å². The van der Waals surface area contributed by atoms with Crippen molar-refractivity contribution in [3.8, 4) is 0 Å². The molecule has 1 aromatic rings. The number of carbonyl (C=O) groups excluding carboxylic acids is 1. The molecule has 0 saturated heterocycles. The molecule has 5 N–H and O–H groups in total. The minimum atomic E-state index is -3.82. The highest BCUT2D eigenvalue weighted by Crippen LogP contribution is 2.42. The van der Waals surface area contributed by atoms with Crippen LogP contribution in [0, 0.1) is 17.8 Å². The van der Waals surface area contributed by atoms with Crippen molar-refractivity contribution >= 4 is 21.6 Å². The third-order valence-electron chi connectivity index (χ3n) is 5.81. The van der Waals surface area contributed by atoms with Gasteiger partial charge in [0.05, 0.1) is 4.90 Å². The number of primary sulfonamides is 1. The summed E-state index contributed by atoms with van der Waals surface area (Å²) in [6, 6.07) is 5.12. The zero-order chi connectivity index (χ0) is 18.2. The highest BCUT2D eigenvalue weighted by atomic mass is 32.2. The third-order valence-corrected chi connectivity index (χ3v) is 6.80. The standard InChI is InChI=1S/C18H27N3O3S/c1-2-11-6-7-15(10-16(11)25(20,23)24)21-18(22)14-8-12-4-3-5-13(9-14)17(12)19/h6-7,10,12-14,17H,2-5,8-9,19H2,1H3,(H,21,22)(H2,20,23,24). The summed E-state index contributed by atoms with van der Waals surface area (Å²) in [7, 11) is -3.82.